The number of hydrogen-bond donors (Lipinski definition) is 1. The number of esters is 1. The zero-order valence-electron chi connectivity index (χ0n) is 18.9. The summed E-state index contributed by atoms with van der Waals surface area (Å²) >= 11 is 0. The van der Waals surface area contributed by atoms with Crippen LogP contribution in [0.15, 0.2) is 83.8 Å². The van der Waals surface area contributed by atoms with E-state index in [4.69, 9.17) is 4.74 Å². The van der Waals surface area contributed by atoms with Crippen molar-refractivity contribution >= 4 is 21.9 Å². The zero-order chi connectivity index (χ0) is 24.8. The third-order valence-corrected chi connectivity index (χ3v) is 7.76. The molecule has 3 aromatic carbocycles. The summed E-state index contributed by atoms with van der Waals surface area (Å²) in [5.74, 6) is -1.69. The van der Waals surface area contributed by atoms with Crippen LogP contribution < -0.4 is 5.32 Å². The number of hydrogen-bond acceptors (Lipinski definition) is 5. The maximum absolute atomic E-state index is 13.4. The van der Waals surface area contributed by atoms with E-state index in [0.717, 1.165) is 23.3 Å². The Bertz CT molecular complexity index is 1300. The number of rotatable bonds is 8. The fourth-order valence-corrected chi connectivity index (χ4v) is 5.69. The number of halogens is 1. The maximum atomic E-state index is 13.4. The van der Waals surface area contributed by atoms with Gasteiger partial charge in [0.1, 0.15) is 5.82 Å². The van der Waals surface area contributed by atoms with E-state index in [1.54, 1.807) is 12.1 Å². The molecule has 7 nitrogen and oxygen atoms in total. The van der Waals surface area contributed by atoms with Crippen LogP contribution in [0.2, 0.25) is 0 Å². The second-order valence-corrected chi connectivity index (χ2v) is 10.1. The Labute approximate surface area is 203 Å². The van der Waals surface area contributed by atoms with Gasteiger partial charge in [-0.25, -0.2) is 12.8 Å². The SMILES string of the molecule is O=C(COC(=O)C[C@@H]1c2ccccc2CCN1S(=O)(=O)c1ccc(F)cc1)NCc1ccccc1. The highest BCUT2D eigenvalue weighted by Gasteiger charge is 2.37. The van der Waals surface area contributed by atoms with Crippen molar-refractivity contribution in [2.75, 3.05) is 13.2 Å². The van der Waals surface area contributed by atoms with E-state index in [9.17, 15) is 22.4 Å². The van der Waals surface area contributed by atoms with Crippen molar-refractivity contribution in [3.63, 3.8) is 0 Å². The molecule has 0 bridgehead atoms. The zero-order valence-corrected chi connectivity index (χ0v) is 19.7. The molecule has 0 saturated heterocycles. The molecule has 0 radical (unpaired) electrons. The fraction of sp³-hybridized carbons (Fsp3) is 0.231. The summed E-state index contributed by atoms with van der Waals surface area (Å²) in [6, 6.07) is 20.4. The molecule has 0 aliphatic carbocycles. The lowest BCUT2D eigenvalue weighted by atomic mass is 9.92. The molecule has 1 atom stereocenters. The molecule has 1 aliphatic rings. The van der Waals surface area contributed by atoms with Gasteiger partial charge < -0.3 is 10.1 Å². The molecule has 0 spiro atoms. The first kappa shape index (κ1) is 24.6. The van der Waals surface area contributed by atoms with Crippen molar-refractivity contribution in [1.29, 1.82) is 0 Å². The number of amides is 1. The largest absolute Gasteiger partial charge is 0.456 e. The van der Waals surface area contributed by atoms with Crippen molar-refractivity contribution in [2.45, 2.75) is 30.3 Å². The quantitative estimate of drug-likeness (QED) is 0.483. The Morgan fingerprint density at radius 3 is 2.40 bits per heavy atom. The molecule has 0 aromatic heterocycles. The van der Waals surface area contributed by atoms with Gasteiger partial charge in [0.15, 0.2) is 6.61 Å². The molecule has 0 unspecified atom stereocenters. The lowest BCUT2D eigenvalue weighted by Gasteiger charge is -2.36. The fourth-order valence-electron chi connectivity index (χ4n) is 4.08. The Morgan fingerprint density at radius 1 is 0.971 bits per heavy atom. The van der Waals surface area contributed by atoms with Gasteiger partial charge in [-0.2, -0.15) is 4.31 Å². The molecular formula is C26H25FN2O5S. The van der Waals surface area contributed by atoms with Gasteiger partial charge in [0.2, 0.25) is 10.0 Å². The van der Waals surface area contributed by atoms with E-state index >= 15 is 0 Å². The summed E-state index contributed by atoms with van der Waals surface area (Å²) in [4.78, 5) is 24.7. The molecule has 1 N–H and O–H groups in total. The number of nitrogens with one attached hydrogen (secondary N) is 1. The van der Waals surface area contributed by atoms with Crippen LogP contribution in [0.3, 0.4) is 0 Å². The number of nitrogens with zero attached hydrogens (tertiary/aromatic N) is 1. The van der Waals surface area contributed by atoms with Gasteiger partial charge in [-0.3, -0.25) is 9.59 Å². The van der Waals surface area contributed by atoms with Crippen LogP contribution in [0, 0.1) is 5.82 Å². The normalized spacial score (nSPS) is 15.7. The summed E-state index contributed by atoms with van der Waals surface area (Å²) < 4.78 is 46.5. The van der Waals surface area contributed by atoms with Gasteiger partial charge in [-0.05, 0) is 47.4 Å². The number of carbonyl (C=O) groups is 2. The van der Waals surface area contributed by atoms with Crippen LogP contribution in [-0.4, -0.2) is 37.8 Å². The van der Waals surface area contributed by atoms with E-state index in [-0.39, 0.29) is 17.9 Å². The third kappa shape index (κ3) is 5.93. The summed E-state index contributed by atoms with van der Waals surface area (Å²) in [6.45, 7) is -0.00606. The topological polar surface area (TPSA) is 92.8 Å². The molecule has 3 aromatic rings. The average molecular weight is 497 g/mol. The first-order valence-corrected chi connectivity index (χ1v) is 12.6. The van der Waals surface area contributed by atoms with Crippen molar-refractivity contribution in [3.05, 3.63) is 101 Å². The second kappa shape index (κ2) is 10.8. The molecule has 182 valence electrons. The monoisotopic (exact) mass is 496 g/mol. The van der Waals surface area contributed by atoms with E-state index in [1.807, 2.05) is 42.5 Å². The van der Waals surface area contributed by atoms with Crippen LogP contribution >= 0.6 is 0 Å². The lowest BCUT2D eigenvalue weighted by Crippen LogP contribution is -2.41. The Morgan fingerprint density at radius 2 is 1.66 bits per heavy atom. The molecule has 1 amide bonds. The smallest absolute Gasteiger partial charge is 0.308 e. The minimum Gasteiger partial charge on any atom is -0.456 e. The van der Waals surface area contributed by atoms with Gasteiger partial charge in [-0.15, -0.1) is 0 Å². The van der Waals surface area contributed by atoms with Gasteiger partial charge in [0, 0.05) is 13.1 Å². The molecule has 35 heavy (non-hydrogen) atoms. The van der Waals surface area contributed by atoms with Crippen molar-refractivity contribution in [2.24, 2.45) is 0 Å². The number of benzene rings is 3. The molecular weight excluding hydrogens is 471 g/mol. The standard InChI is InChI=1S/C26H25FN2O5S/c27-21-10-12-22(13-11-21)35(32,33)29-15-14-20-8-4-5-9-23(20)24(29)16-26(31)34-18-25(30)28-17-19-6-2-1-3-7-19/h1-13,24H,14-18H2,(H,28,30)/t24-/m1/s1. The summed E-state index contributed by atoms with van der Waals surface area (Å²) in [7, 11) is -4.01. The first-order chi connectivity index (χ1) is 16.8. The molecule has 4 rings (SSSR count). The van der Waals surface area contributed by atoms with Crippen LogP contribution in [-0.2, 0) is 37.3 Å². The van der Waals surface area contributed by atoms with Crippen LogP contribution in [0.1, 0.15) is 29.2 Å². The van der Waals surface area contributed by atoms with Crippen molar-refractivity contribution < 1.29 is 27.1 Å². The highest BCUT2D eigenvalue weighted by atomic mass is 32.2. The molecule has 0 fully saturated rings. The second-order valence-electron chi connectivity index (χ2n) is 8.16. The predicted molar refractivity (Wildman–Crippen MR) is 127 cm³/mol. The molecule has 1 heterocycles. The molecule has 9 heteroatoms. The number of fused-ring (bicyclic) bond motifs is 1. The van der Waals surface area contributed by atoms with Crippen molar-refractivity contribution in [1.82, 2.24) is 9.62 Å². The van der Waals surface area contributed by atoms with Crippen LogP contribution in [0.5, 0.6) is 0 Å². The van der Waals surface area contributed by atoms with Gasteiger partial charge >= 0.3 is 5.97 Å². The van der Waals surface area contributed by atoms with Crippen molar-refractivity contribution in [3.8, 4) is 0 Å². The van der Waals surface area contributed by atoms with E-state index < -0.39 is 40.4 Å². The van der Waals surface area contributed by atoms with Gasteiger partial charge in [0.25, 0.3) is 5.91 Å². The van der Waals surface area contributed by atoms with Gasteiger partial charge in [0.05, 0.1) is 17.4 Å². The van der Waals surface area contributed by atoms with E-state index in [1.165, 1.54) is 16.4 Å². The predicted octanol–water partition coefficient (Wildman–Crippen LogP) is 3.36. The van der Waals surface area contributed by atoms with Crippen LogP contribution in [0.25, 0.3) is 0 Å². The maximum Gasteiger partial charge on any atom is 0.308 e. The Balaban J connectivity index is 1.46. The number of sulfonamides is 1. The highest BCUT2D eigenvalue weighted by molar-refractivity contribution is 7.89. The minimum atomic E-state index is -4.01. The summed E-state index contributed by atoms with van der Waals surface area (Å²) in [5, 5.41) is 2.68. The Kier molecular flexibility index (Phi) is 7.57. The first-order valence-electron chi connectivity index (χ1n) is 11.2. The number of carbonyl (C=O) groups excluding carboxylic acids is 2. The number of ether oxygens (including phenoxy) is 1. The average Bonchev–Trinajstić information content (AvgIpc) is 2.87. The Hall–Kier alpha value is -3.56. The van der Waals surface area contributed by atoms with E-state index in [0.29, 0.717) is 18.5 Å². The summed E-state index contributed by atoms with van der Waals surface area (Å²) in [6.07, 6.45) is 0.216. The van der Waals surface area contributed by atoms with Gasteiger partial charge in [-0.1, -0.05) is 54.6 Å². The minimum absolute atomic E-state index is 0.0584. The van der Waals surface area contributed by atoms with Crippen LogP contribution in [0.4, 0.5) is 4.39 Å². The highest BCUT2D eigenvalue weighted by Crippen LogP contribution is 2.36. The lowest BCUT2D eigenvalue weighted by molar-refractivity contribution is -0.149. The third-order valence-electron chi connectivity index (χ3n) is 5.84. The molecule has 0 saturated carbocycles. The molecule has 1 aliphatic heterocycles. The van der Waals surface area contributed by atoms with E-state index in [2.05, 4.69) is 5.32 Å². The summed E-state index contributed by atoms with van der Waals surface area (Å²) in [5.41, 5.74) is 2.55.